The second-order valence-corrected chi connectivity index (χ2v) is 5.30. The van der Waals surface area contributed by atoms with Crippen LogP contribution in [-0.4, -0.2) is 35.2 Å². The van der Waals surface area contributed by atoms with Gasteiger partial charge in [0.2, 0.25) is 5.82 Å². The molecule has 2 unspecified atom stereocenters. The van der Waals surface area contributed by atoms with E-state index in [1.165, 1.54) is 6.07 Å². The van der Waals surface area contributed by atoms with Gasteiger partial charge in [0.05, 0.1) is 11.0 Å². The van der Waals surface area contributed by atoms with Gasteiger partial charge in [-0.3, -0.25) is 10.1 Å². The Kier molecular flexibility index (Phi) is 5.32. The van der Waals surface area contributed by atoms with Crippen LogP contribution in [0, 0.1) is 10.1 Å². The monoisotopic (exact) mass is 294 g/mol. The molecule has 7 heteroatoms. The Morgan fingerprint density at radius 2 is 2.33 bits per heavy atom. The Morgan fingerprint density at radius 3 is 3.00 bits per heavy atom. The van der Waals surface area contributed by atoms with Crippen molar-refractivity contribution in [3.8, 4) is 0 Å². The zero-order valence-corrected chi connectivity index (χ0v) is 12.5. The molecule has 0 aliphatic carbocycles. The highest BCUT2D eigenvalue weighted by Gasteiger charge is 2.23. The molecule has 116 valence electrons. The number of hydrogen-bond acceptors (Lipinski definition) is 6. The van der Waals surface area contributed by atoms with Crippen LogP contribution in [0.2, 0.25) is 0 Å². The zero-order chi connectivity index (χ0) is 15.2. The summed E-state index contributed by atoms with van der Waals surface area (Å²) in [5, 5.41) is 17.5. The molecule has 2 atom stereocenters. The first-order valence-electron chi connectivity index (χ1n) is 7.37. The van der Waals surface area contributed by atoms with Crippen molar-refractivity contribution < 1.29 is 9.66 Å². The molecule has 1 aromatic heterocycles. The van der Waals surface area contributed by atoms with E-state index >= 15 is 0 Å². The minimum atomic E-state index is -0.401. The van der Waals surface area contributed by atoms with Crippen molar-refractivity contribution in [2.75, 3.05) is 23.8 Å². The lowest BCUT2D eigenvalue weighted by atomic mass is 10.0. The summed E-state index contributed by atoms with van der Waals surface area (Å²) >= 11 is 0. The predicted molar refractivity (Wildman–Crippen MR) is 81.7 cm³/mol. The summed E-state index contributed by atoms with van der Waals surface area (Å²) in [6, 6.07) is 3.29. The Hall–Kier alpha value is -1.89. The molecule has 1 fully saturated rings. The quantitative estimate of drug-likeness (QED) is 0.619. The molecule has 2 rings (SSSR count). The molecule has 2 heterocycles. The summed E-state index contributed by atoms with van der Waals surface area (Å²) in [4.78, 5) is 15.1. The van der Waals surface area contributed by atoms with Crippen LogP contribution in [0.5, 0.6) is 0 Å². The lowest BCUT2D eigenvalue weighted by Gasteiger charge is -2.28. The van der Waals surface area contributed by atoms with Gasteiger partial charge >= 0.3 is 5.69 Å². The van der Waals surface area contributed by atoms with E-state index in [1.807, 2.05) is 6.92 Å². The van der Waals surface area contributed by atoms with E-state index in [0.29, 0.717) is 18.2 Å². The molecule has 0 bridgehead atoms. The summed E-state index contributed by atoms with van der Waals surface area (Å²) in [5.41, 5.74) is 0.0104. The molecule has 1 aromatic rings. The van der Waals surface area contributed by atoms with E-state index < -0.39 is 4.92 Å². The first-order chi connectivity index (χ1) is 10.1. The normalized spacial score (nSPS) is 21.8. The third kappa shape index (κ3) is 4.29. The molecule has 2 N–H and O–H groups in total. The number of pyridine rings is 1. The summed E-state index contributed by atoms with van der Waals surface area (Å²) in [6.45, 7) is 5.52. The molecule has 21 heavy (non-hydrogen) atoms. The highest BCUT2D eigenvalue weighted by Crippen LogP contribution is 2.27. The van der Waals surface area contributed by atoms with Crippen LogP contribution in [0.4, 0.5) is 17.3 Å². The first kappa shape index (κ1) is 15.5. The molecular weight excluding hydrogens is 272 g/mol. The molecule has 0 aromatic carbocycles. The number of anilines is 2. The topological polar surface area (TPSA) is 89.3 Å². The van der Waals surface area contributed by atoms with Gasteiger partial charge in [-0.05, 0) is 32.3 Å². The van der Waals surface area contributed by atoms with Crippen LogP contribution < -0.4 is 10.6 Å². The van der Waals surface area contributed by atoms with E-state index in [0.717, 1.165) is 25.8 Å². The maximum Gasteiger partial charge on any atom is 0.311 e. The second-order valence-electron chi connectivity index (χ2n) is 5.30. The van der Waals surface area contributed by atoms with Gasteiger partial charge in [-0.25, -0.2) is 4.98 Å². The minimum absolute atomic E-state index is 0.0104. The molecule has 0 spiro atoms. The number of nitro groups is 1. The van der Waals surface area contributed by atoms with Crippen molar-refractivity contribution in [1.82, 2.24) is 4.98 Å². The van der Waals surface area contributed by atoms with Gasteiger partial charge in [-0.2, -0.15) is 0 Å². The van der Waals surface area contributed by atoms with E-state index in [-0.39, 0.29) is 17.8 Å². The van der Waals surface area contributed by atoms with Gasteiger partial charge < -0.3 is 15.4 Å². The van der Waals surface area contributed by atoms with E-state index in [2.05, 4.69) is 22.5 Å². The van der Waals surface area contributed by atoms with Gasteiger partial charge in [0.15, 0.2) is 0 Å². The highest BCUT2D eigenvalue weighted by atomic mass is 16.6. The number of rotatable bonds is 6. The Bertz CT molecular complexity index is 495. The lowest BCUT2D eigenvalue weighted by molar-refractivity contribution is -0.384. The number of hydrogen-bond donors (Lipinski definition) is 2. The van der Waals surface area contributed by atoms with Crippen LogP contribution >= 0.6 is 0 Å². The van der Waals surface area contributed by atoms with Crippen LogP contribution in [0.25, 0.3) is 0 Å². The van der Waals surface area contributed by atoms with Crippen LogP contribution in [0.1, 0.15) is 33.1 Å². The van der Waals surface area contributed by atoms with E-state index in [9.17, 15) is 10.1 Å². The number of nitrogens with one attached hydrogen (secondary N) is 2. The summed E-state index contributed by atoms with van der Waals surface area (Å²) in [6.07, 6.45) is 2.79. The number of nitrogens with zero attached hydrogens (tertiary/aromatic N) is 2. The molecule has 0 radical (unpaired) electrons. The highest BCUT2D eigenvalue weighted by molar-refractivity contribution is 5.60. The van der Waals surface area contributed by atoms with Gasteiger partial charge in [-0.15, -0.1) is 0 Å². The van der Waals surface area contributed by atoms with Gasteiger partial charge in [0.25, 0.3) is 0 Å². The van der Waals surface area contributed by atoms with Crippen LogP contribution in [-0.2, 0) is 4.74 Å². The smallest absolute Gasteiger partial charge is 0.311 e. The van der Waals surface area contributed by atoms with Crippen molar-refractivity contribution in [2.45, 2.75) is 45.3 Å². The lowest BCUT2D eigenvalue weighted by Crippen LogP contribution is -2.33. The van der Waals surface area contributed by atoms with Crippen LogP contribution in [0.3, 0.4) is 0 Å². The second kappa shape index (κ2) is 7.21. The van der Waals surface area contributed by atoms with Crippen molar-refractivity contribution in [3.05, 3.63) is 22.2 Å². The fourth-order valence-corrected chi connectivity index (χ4v) is 2.38. The Labute approximate surface area is 124 Å². The maximum absolute atomic E-state index is 11.1. The molecular formula is C14H22N4O3. The van der Waals surface area contributed by atoms with E-state index in [1.54, 1.807) is 6.07 Å². The van der Waals surface area contributed by atoms with E-state index in [4.69, 9.17) is 4.74 Å². The van der Waals surface area contributed by atoms with Crippen molar-refractivity contribution in [2.24, 2.45) is 0 Å². The molecule has 0 amide bonds. The third-order valence-electron chi connectivity index (χ3n) is 3.45. The molecule has 7 nitrogen and oxygen atoms in total. The fraction of sp³-hybridized carbons (Fsp3) is 0.643. The van der Waals surface area contributed by atoms with Crippen LogP contribution in [0.15, 0.2) is 12.1 Å². The molecule has 1 aliphatic rings. The average Bonchev–Trinajstić information content (AvgIpc) is 2.45. The zero-order valence-electron chi connectivity index (χ0n) is 12.5. The maximum atomic E-state index is 11.1. The van der Waals surface area contributed by atoms with Crippen molar-refractivity contribution >= 4 is 17.3 Å². The average molecular weight is 294 g/mol. The van der Waals surface area contributed by atoms with Gasteiger partial charge in [0, 0.05) is 25.3 Å². The standard InChI is InChI=1S/C14H22N4O3/c1-3-7-15-13-5-4-12(18(19)20)14(17-13)16-11-6-8-21-10(2)9-11/h4-5,10-11H,3,6-9H2,1-2H3,(H2,15,16,17). The molecule has 1 aliphatic heterocycles. The number of ether oxygens (including phenoxy) is 1. The fourth-order valence-electron chi connectivity index (χ4n) is 2.38. The summed E-state index contributed by atoms with van der Waals surface area (Å²) < 4.78 is 5.49. The minimum Gasteiger partial charge on any atom is -0.378 e. The molecule has 0 saturated carbocycles. The third-order valence-corrected chi connectivity index (χ3v) is 3.45. The summed E-state index contributed by atoms with van der Waals surface area (Å²) in [7, 11) is 0. The Balaban J connectivity index is 2.15. The van der Waals surface area contributed by atoms with Crippen molar-refractivity contribution in [3.63, 3.8) is 0 Å². The Morgan fingerprint density at radius 1 is 1.52 bits per heavy atom. The summed E-state index contributed by atoms with van der Waals surface area (Å²) in [5.74, 6) is 0.991. The SMILES string of the molecule is CCCNc1ccc([N+](=O)[O-])c(NC2CCOC(C)C2)n1. The number of aromatic nitrogens is 1. The first-order valence-corrected chi connectivity index (χ1v) is 7.37. The van der Waals surface area contributed by atoms with Crippen molar-refractivity contribution in [1.29, 1.82) is 0 Å². The molecule has 1 saturated heterocycles. The van der Waals surface area contributed by atoms with Gasteiger partial charge in [-0.1, -0.05) is 6.92 Å². The van der Waals surface area contributed by atoms with Gasteiger partial charge in [0.1, 0.15) is 5.82 Å². The predicted octanol–water partition coefficient (Wildman–Crippen LogP) is 2.79. The largest absolute Gasteiger partial charge is 0.378 e.